The molecule has 0 radical (unpaired) electrons. The van der Waals surface area contributed by atoms with Crippen molar-refractivity contribution in [2.75, 3.05) is 11.9 Å². The molecule has 0 bridgehead atoms. The molecule has 112 valence electrons. The molecule has 0 aliphatic rings. The Labute approximate surface area is 125 Å². The van der Waals surface area contributed by atoms with E-state index in [1.165, 1.54) is 6.07 Å². The van der Waals surface area contributed by atoms with Crippen LogP contribution in [0.25, 0.3) is 11.3 Å². The number of hydrogen-bond acceptors (Lipinski definition) is 3. The smallest absolute Gasteiger partial charge is 0.133 e. The van der Waals surface area contributed by atoms with Crippen LogP contribution in [-0.2, 0) is 6.42 Å². The number of aryl methyl sites for hydroxylation is 2. The van der Waals surface area contributed by atoms with E-state index in [1.807, 2.05) is 20.8 Å². The average molecular weight is 287 g/mol. The van der Waals surface area contributed by atoms with E-state index in [0.717, 1.165) is 53.4 Å². The van der Waals surface area contributed by atoms with Gasteiger partial charge in [-0.15, -0.1) is 0 Å². The normalized spacial score (nSPS) is 10.7. The predicted molar refractivity (Wildman–Crippen MR) is 85.1 cm³/mol. The summed E-state index contributed by atoms with van der Waals surface area (Å²) < 4.78 is 13.3. The summed E-state index contributed by atoms with van der Waals surface area (Å²) in [5.41, 5.74) is 3.75. The van der Waals surface area contributed by atoms with Crippen LogP contribution in [0.2, 0.25) is 0 Å². The zero-order valence-electron chi connectivity index (χ0n) is 13.1. The molecule has 1 N–H and O–H groups in total. The summed E-state index contributed by atoms with van der Waals surface area (Å²) >= 11 is 0. The number of benzene rings is 1. The lowest BCUT2D eigenvalue weighted by Crippen LogP contribution is -2.08. The Bertz CT molecular complexity index is 638. The third-order valence-corrected chi connectivity index (χ3v) is 3.45. The van der Waals surface area contributed by atoms with Crippen molar-refractivity contribution in [1.82, 2.24) is 9.97 Å². The van der Waals surface area contributed by atoms with Gasteiger partial charge in [0.1, 0.15) is 17.5 Å². The number of nitrogens with one attached hydrogen (secondary N) is 1. The first kappa shape index (κ1) is 15.4. The molecule has 1 aromatic carbocycles. The zero-order valence-corrected chi connectivity index (χ0v) is 13.1. The van der Waals surface area contributed by atoms with E-state index < -0.39 is 0 Å². The Balaban J connectivity index is 2.60. The fraction of sp³-hybridized carbons (Fsp3) is 0.412. The molecular formula is C17H22FN3. The molecule has 1 heterocycles. The second-order valence-electron chi connectivity index (χ2n) is 5.20. The topological polar surface area (TPSA) is 37.8 Å². The van der Waals surface area contributed by atoms with Crippen molar-refractivity contribution in [3.8, 4) is 11.3 Å². The SMILES string of the molecule is CCCc1nc(NCC)c(C)c(-c2ccc(F)cc2C)n1. The van der Waals surface area contributed by atoms with Crippen LogP contribution in [0.15, 0.2) is 18.2 Å². The first-order chi connectivity index (χ1) is 10.1. The highest BCUT2D eigenvalue weighted by atomic mass is 19.1. The van der Waals surface area contributed by atoms with E-state index in [4.69, 9.17) is 4.98 Å². The molecule has 3 nitrogen and oxygen atoms in total. The van der Waals surface area contributed by atoms with Crippen molar-refractivity contribution in [2.24, 2.45) is 0 Å². The summed E-state index contributed by atoms with van der Waals surface area (Å²) in [5, 5.41) is 3.29. The maximum absolute atomic E-state index is 13.3. The molecule has 0 unspecified atom stereocenters. The highest BCUT2D eigenvalue weighted by molar-refractivity contribution is 5.70. The van der Waals surface area contributed by atoms with Gasteiger partial charge < -0.3 is 5.32 Å². The molecule has 2 aromatic rings. The summed E-state index contributed by atoms with van der Waals surface area (Å²) in [4.78, 5) is 9.28. The van der Waals surface area contributed by atoms with Crippen LogP contribution in [0.4, 0.5) is 10.2 Å². The Morgan fingerprint density at radius 3 is 2.52 bits per heavy atom. The summed E-state index contributed by atoms with van der Waals surface area (Å²) in [7, 11) is 0. The van der Waals surface area contributed by atoms with Gasteiger partial charge in [0.05, 0.1) is 5.69 Å². The van der Waals surface area contributed by atoms with Crippen LogP contribution in [-0.4, -0.2) is 16.5 Å². The molecule has 4 heteroatoms. The highest BCUT2D eigenvalue weighted by Gasteiger charge is 2.14. The lowest BCUT2D eigenvalue weighted by molar-refractivity contribution is 0.627. The van der Waals surface area contributed by atoms with Gasteiger partial charge in [0, 0.05) is 24.1 Å². The van der Waals surface area contributed by atoms with Crippen molar-refractivity contribution < 1.29 is 4.39 Å². The Morgan fingerprint density at radius 2 is 1.90 bits per heavy atom. The maximum atomic E-state index is 13.3. The van der Waals surface area contributed by atoms with Gasteiger partial charge in [-0.3, -0.25) is 0 Å². The number of aromatic nitrogens is 2. The summed E-state index contributed by atoms with van der Waals surface area (Å²) in [6, 6.07) is 4.82. The second-order valence-corrected chi connectivity index (χ2v) is 5.20. The lowest BCUT2D eigenvalue weighted by Gasteiger charge is -2.14. The minimum Gasteiger partial charge on any atom is -0.370 e. The van der Waals surface area contributed by atoms with E-state index in [1.54, 1.807) is 12.1 Å². The summed E-state index contributed by atoms with van der Waals surface area (Å²) in [6.45, 7) is 8.88. The van der Waals surface area contributed by atoms with E-state index in [9.17, 15) is 4.39 Å². The number of halogens is 1. The van der Waals surface area contributed by atoms with Crippen molar-refractivity contribution in [3.63, 3.8) is 0 Å². The number of anilines is 1. The van der Waals surface area contributed by atoms with Crippen molar-refractivity contribution >= 4 is 5.82 Å². The minimum atomic E-state index is -0.219. The second kappa shape index (κ2) is 6.66. The van der Waals surface area contributed by atoms with Crippen LogP contribution < -0.4 is 5.32 Å². The minimum absolute atomic E-state index is 0.219. The van der Waals surface area contributed by atoms with E-state index in [0.29, 0.717) is 0 Å². The average Bonchev–Trinajstić information content (AvgIpc) is 2.43. The summed E-state index contributed by atoms with van der Waals surface area (Å²) in [5.74, 6) is 1.48. The quantitative estimate of drug-likeness (QED) is 0.891. The van der Waals surface area contributed by atoms with Gasteiger partial charge in [0.2, 0.25) is 0 Å². The number of rotatable bonds is 5. The van der Waals surface area contributed by atoms with Crippen LogP contribution >= 0.6 is 0 Å². The fourth-order valence-electron chi connectivity index (χ4n) is 2.39. The fourth-order valence-corrected chi connectivity index (χ4v) is 2.39. The van der Waals surface area contributed by atoms with Gasteiger partial charge in [0.15, 0.2) is 0 Å². The summed E-state index contributed by atoms with van der Waals surface area (Å²) in [6.07, 6.45) is 1.84. The third-order valence-electron chi connectivity index (χ3n) is 3.45. The molecule has 0 saturated heterocycles. The molecule has 0 spiro atoms. The number of hydrogen-bond donors (Lipinski definition) is 1. The van der Waals surface area contributed by atoms with Crippen LogP contribution in [0, 0.1) is 19.7 Å². The van der Waals surface area contributed by atoms with Crippen LogP contribution in [0.1, 0.15) is 37.2 Å². The number of nitrogens with zero attached hydrogens (tertiary/aromatic N) is 2. The van der Waals surface area contributed by atoms with Crippen molar-refractivity contribution in [1.29, 1.82) is 0 Å². The van der Waals surface area contributed by atoms with E-state index in [2.05, 4.69) is 17.2 Å². The molecule has 0 fully saturated rings. The zero-order chi connectivity index (χ0) is 15.4. The van der Waals surface area contributed by atoms with Crippen molar-refractivity contribution in [3.05, 3.63) is 41.0 Å². The van der Waals surface area contributed by atoms with E-state index in [-0.39, 0.29) is 5.82 Å². The molecule has 0 atom stereocenters. The van der Waals surface area contributed by atoms with Gasteiger partial charge in [0.25, 0.3) is 0 Å². The third kappa shape index (κ3) is 3.38. The molecule has 0 amide bonds. The highest BCUT2D eigenvalue weighted by Crippen LogP contribution is 2.29. The molecule has 0 saturated carbocycles. The maximum Gasteiger partial charge on any atom is 0.133 e. The van der Waals surface area contributed by atoms with Gasteiger partial charge in [-0.25, -0.2) is 14.4 Å². The molecular weight excluding hydrogens is 265 g/mol. The monoisotopic (exact) mass is 287 g/mol. The van der Waals surface area contributed by atoms with Gasteiger partial charge in [-0.2, -0.15) is 0 Å². The predicted octanol–water partition coefficient (Wildman–Crippen LogP) is 4.28. The standard InChI is InChI=1S/C17H22FN3/c1-5-7-15-20-16(12(4)17(21-15)19-6-2)14-9-8-13(18)10-11(14)3/h8-10H,5-7H2,1-4H3,(H,19,20,21). The van der Waals surface area contributed by atoms with Gasteiger partial charge in [-0.1, -0.05) is 6.92 Å². The first-order valence-electron chi connectivity index (χ1n) is 7.44. The molecule has 21 heavy (non-hydrogen) atoms. The molecule has 1 aromatic heterocycles. The lowest BCUT2D eigenvalue weighted by atomic mass is 10.0. The molecule has 2 rings (SSSR count). The largest absolute Gasteiger partial charge is 0.370 e. The van der Waals surface area contributed by atoms with Gasteiger partial charge in [-0.05, 0) is 51.0 Å². The Hall–Kier alpha value is -1.97. The molecule has 0 aliphatic heterocycles. The van der Waals surface area contributed by atoms with Crippen LogP contribution in [0.5, 0.6) is 0 Å². The van der Waals surface area contributed by atoms with Crippen molar-refractivity contribution in [2.45, 2.75) is 40.5 Å². The Kier molecular flexibility index (Phi) is 4.89. The molecule has 0 aliphatic carbocycles. The van der Waals surface area contributed by atoms with Crippen LogP contribution in [0.3, 0.4) is 0 Å². The van der Waals surface area contributed by atoms with Gasteiger partial charge >= 0.3 is 0 Å². The van der Waals surface area contributed by atoms with E-state index >= 15 is 0 Å². The first-order valence-corrected chi connectivity index (χ1v) is 7.44. The Morgan fingerprint density at radius 1 is 1.14 bits per heavy atom.